The number of hydrogen-bond donors (Lipinski definition) is 0. The molecule has 132 valence electrons. The number of thiophene rings is 2. The van der Waals surface area contributed by atoms with Gasteiger partial charge in [-0.25, -0.2) is 9.59 Å². The van der Waals surface area contributed by atoms with Crippen molar-refractivity contribution < 1.29 is 19.1 Å². The van der Waals surface area contributed by atoms with Crippen molar-refractivity contribution in [3.05, 3.63) is 47.5 Å². The highest BCUT2D eigenvalue weighted by Crippen LogP contribution is 2.44. The van der Waals surface area contributed by atoms with Crippen molar-refractivity contribution >= 4 is 64.2 Å². The second-order valence-electron chi connectivity index (χ2n) is 5.73. The Kier molecular flexibility index (Phi) is 4.38. The predicted octanol–water partition coefficient (Wildman–Crippen LogP) is 5.62. The van der Waals surface area contributed by atoms with Crippen molar-refractivity contribution in [2.45, 2.75) is 13.8 Å². The van der Waals surface area contributed by atoms with Gasteiger partial charge in [0.25, 0.3) is 0 Å². The first-order valence-corrected chi connectivity index (χ1v) is 9.98. The van der Waals surface area contributed by atoms with Crippen LogP contribution in [0.2, 0.25) is 0 Å². The summed E-state index contributed by atoms with van der Waals surface area (Å²) in [6.07, 6.45) is 0. The Balaban J connectivity index is 1.83. The molecular weight excluding hydrogens is 368 g/mol. The molecule has 0 aliphatic carbocycles. The molecule has 0 fully saturated rings. The Hall–Kier alpha value is -2.44. The van der Waals surface area contributed by atoms with Crippen LogP contribution in [-0.4, -0.2) is 25.2 Å². The Bertz CT molecular complexity index is 1060. The van der Waals surface area contributed by atoms with E-state index >= 15 is 0 Å². The van der Waals surface area contributed by atoms with Gasteiger partial charge in [-0.2, -0.15) is 0 Å². The highest BCUT2D eigenvalue weighted by Gasteiger charge is 2.16. The number of ether oxygens (including phenoxy) is 2. The number of carbonyl (C=O) groups is 2. The quantitative estimate of drug-likeness (QED) is 0.428. The van der Waals surface area contributed by atoms with Crippen LogP contribution in [0.1, 0.15) is 34.6 Å². The van der Waals surface area contributed by atoms with Gasteiger partial charge in [-0.05, 0) is 38.1 Å². The third kappa shape index (κ3) is 2.75. The minimum absolute atomic E-state index is 0.296. The number of esters is 2. The summed E-state index contributed by atoms with van der Waals surface area (Å²) in [5, 5.41) is 2.24. The number of benzene rings is 2. The van der Waals surface area contributed by atoms with Gasteiger partial charge >= 0.3 is 11.9 Å². The van der Waals surface area contributed by atoms with Crippen LogP contribution in [0, 0.1) is 0 Å². The van der Waals surface area contributed by atoms with Gasteiger partial charge < -0.3 is 9.47 Å². The topological polar surface area (TPSA) is 52.6 Å². The van der Waals surface area contributed by atoms with Crippen LogP contribution in [0.3, 0.4) is 0 Å². The van der Waals surface area contributed by atoms with Gasteiger partial charge in [0.15, 0.2) is 0 Å². The van der Waals surface area contributed by atoms with Gasteiger partial charge in [-0.3, -0.25) is 0 Å². The largest absolute Gasteiger partial charge is 0.462 e. The van der Waals surface area contributed by atoms with Crippen molar-refractivity contribution in [3.63, 3.8) is 0 Å². The summed E-state index contributed by atoms with van der Waals surface area (Å²) in [4.78, 5) is 23.9. The van der Waals surface area contributed by atoms with E-state index in [0.717, 1.165) is 20.2 Å². The van der Waals surface area contributed by atoms with Gasteiger partial charge in [0.1, 0.15) is 0 Å². The van der Waals surface area contributed by atoms with Gasteiger partial charge in [-0.15, -0.1) is 22.7 Å². The average Bonchev–Trinajstić information content (AvgIpc) is 3.16. The molecule has 2 aromatic carbocycles. The first kappa shape index (κ1) is 17.0. The average molecular weight is 384 g/mol. The van der Waals surface area contributed by atoms with E-state index in [4.69, 9.17) is 9.47 Å². The molecule has 0 saturated heterocycles. The molecule has 2 aromatic heterocycles. The van der Waals surface area contributed by atoms with Gasteiger partial charge in [0.05, 0.1) is 33.7 Å². The molecule has 6 heteroatoms. The number of fused-ring (bicyclic) bond motifs is 5. The molecule has 4 rings (SSSR count). The Morgan fingerprint density at radius 2 is 1.19 bits per heavy atom. The third-order valence-electron chi connectivity index (χ3n) is 4.11. The van der Waals surface area contributed by atoms with E-state index in [0.29, 0.717) is 24.3 Å². The minimum atomic E-state index is -0.296. The molecule has 0 aliphatic heterocycles. The lowest BCUT2D eigenvalue weighted by molar-refractivity contribution is 0.0517. The molecule has 4 nitrogen and oxygen atoms in total. The van der Waals surface area contributed by atoms with Crippen LogP contribution >= 0.6 is 22.7 Å². The SMILES string of the molecule is CCOC(=O)c1ccc2c(c1)sc1c3ccc(C(=O)OCC)cc3sc21. The van der Waals surface area contributed by atoms with Crippen molar-refractivity contribution in [2.24, 2.45) is 0 Å². The number of hydrogen-bond acceptors (Lipinski definition) is 6. The fraction of sp³-hybridized carbons (Fsp3) is 0.200. The molecule has 0 N–H and O–H groups in total. The molecule has 0 radical (unpaired) electrons. The van der Waals surface area contributed by atoms with E-state index in [9.17, 15) is 9.59 Å². The van der Waals surface area contributed by atoms with Crippen LogP contribution in [0.4, 0.5) is 0 Å². The maximum Gasteiger partial charge on any atom is 0.338 e. The highest BCUT2D eigenvalue weighted by atomic mass is 32.1. The predicted molar refractivity (Wildman–Crippen MR) is 107 cm³/mol. The van der Waals surface area contributed by atoms with Crippen LogP contribution < -0.4 is 0 Å². The zero-order chi connectivity index (χ0) is 18.3. The van der Waals surface area contributed by atoms with E-state index in [1.165, 1.54) is 9.40 Å². The minimum Gasteiger partial charge on any atom is -0.462 e. The van der Waals surface area contributed by atoms with E-state index < -0.39 is 0 Å². The van der Waals surface area contributed by atoms with Gasteiger partial charge in [0.2, 0.25) is 0 Å². The van der Waals surface area contributed by atoms with Crippen molar-refractivity contribution in [2.75, 3.05) is 13.2 Å². The van der Waals surface area contributed by atoms with E-state index in [1.54, 1.807) is 48.7 Å². The summed E-state index contributed by atoms with van der Waals surface area (Å²) >= 11 is 3.32. The molecule has 0 spiro atoms. The zero-order valence-electron chi connectivity index (χ0n) is 14.3. The maximum atomic E-state index is 11.9. The first-order valence-electron chi connectivity index (χ1n) is 8.35. The Morgan fingerprint density at radius 3 is 1.58 bits per heavy atom. The third-order valence-corrected chi connectivity index (χ3v) is 6.61. The lowest BCUT2D eigenvalue weighted by Crippen LogP contribution is -2.03. The molecule has 26 heavy (non-hydrogen) atoms. The molecule has 2 heterocycles. The number of rotatable bonds is 4. The summed E-state index contributed by atoms with van der Waals surface area (Å²) < 4.78 is 14.6. The van der Waals surface area contributed by atoms with E-state index in [2.05, 4.69) is 0 Å². The fourth-order valence-electron chi connectivity index (χ4n) is 2.94. The second-order valence-corrected chi connectivity index (χ2v) is 7.83. The molecular formula is C20H16O4S2. The summed E-state index contributed by atoms with van der Waals surface area (Å²) in [7, 11) is 0. The van der Waals surface area contributed by atoms with Crippen LogP contribution in [-0.2, 0) is 9.47 Å². The fourth-order valence-corrected chi connectivity index (χ4v) is 5.67. The molecule has 0 saturated carbocycles. The summed E-state index contributed by atoms with van der Waals surface area (Å²) in [5.74, 6) is -0.592. The normalized spacial score (nSPS) is 11.3. The second kappa shape index (κ2) is 6.70. The lowest BCUT2D eigenvalue weighted by Gasteiger charge is -2.01. The van der Waals surface area contributed by atoms with E-state index in [1.807, 2.05) is 24.3 Å². The van der Waals surface area contributed by atoms with Gasteiger partial charge in [0, 0.05) is 20.2 Å². The van der Waals surface area contributed by atoms with Crippen LogP contribution in [0.15, 0.2) is 36.4 Å². The Labute approximate surface area is 157 Å². The molecule has 0 amide bonds. The van der Waals surface area contributed by atoms with Crippen molar-refractivity contribution in [1.29, 1.82) is 0 Å². The van der Waals surface area contributed by atoms with Crippen LogP contribution in [0.5, 0.6) is 0 Å². The summed E-state index contributed by atoms with van der Waals surface area (Å²) in [6.45, 7) is 4.33. The molecule has 0 bridgehead atoms. The van der Waals surface area contributed by atoms with Crippen molar-refractivity contribution in [3.8, 4) is 0 Å². The lowest BCUT2D eigenvalue weighted by atomic mass is 10.1. The van der Waals surface area contributed by atoms with E-state index in [-0.39, 0.29) is 11.9 Å². The molecule has 0 atom stereocenters. The maximum absolute atomic E-state index is 11.9. The van der Waals surface area contributed by atoms with Gasteiger partial charge in [-0.1, -0.05) is 12.1 Å². The van der Waals surface area contributed by atoms with Crippen LogP contribution in [0.25, 0.3) is 29.6 Å². The highest BCUT2D eigenvalue weighted by molar-refractivity contribution is 7.36. The monoisotopic (exact) mass is 384 g/mol. The van der Waals surface area contributed by atoms with Crippen molar-refractivity contribution in [1.82, 2.24) is 0 Å². The molecule has 0 unspecified atom stereocenters. The Morgan fingerprint density at radius 1 is 0.769 bits per heavy atom. The molecule has 0 aliphatic rings. The molecule has 4 aromatic rings. The zero-order valence-corrected chi connectivity index (χ0v) is 16.0. The summed E-state index contributed by atoms with van der Waals surface area (Å²) in [6, 6.07) is 11.3. The standard InChI is InChI=1S/C20H16O4S2/c1-3-23-19(21)11-5-7-13-15(9-11)25-18-14-8-6-12(20(22)24-4-2)10-16(14)26-17(13)18/h5-10H,3-4H2,1-2H3. The first-order chi connectivity index (χ1) is 12.6. The number of carbonyl (C=O) groups excluding carboxylic acids is 2. The smallest absolute Gasteiger partial charge is 0.338 e. The summed E-state index contributed by atoms with van der Waals surface area (Å²) in [5.41, 5.74) is 1.14.